The van der Waals surface area contributed by atoms with E-state index in [4.69, 9.17) is 5.73 Å². The molecule has 1 aromatic carbocycles. The van der Waals surface area contributed by atoms with Crippen molar-refractivity contribution in [1.82, 2.24) is 15.4 Å². The molecule has 0 radical (unpaired) electrons. The molecule has 110 valence electrons. The van der Waals surface area contributed by atoms with Crippen molar-refractivity contribution < 1.29 is 4.79 Å². The molecule has 3 rings (SSSR count). The summed E-state index contributed by atoms with van der Waals surface area (Å²) in [6, 6.07) is 9.81. The first-order valence-corrected chi connectivity index (χ1v) is 7.62. The summed E-state index contributed by atoms with van der Waals surface area (Å²) < 4.78 is 0. The van der Waals surface area contributed by atoms with Crippen LogP contribution in [0.2, 0.25) is 0 Å². The average Bonchev–Trinajstić information content (AvgIpc) is 3.09. The van der Waals surface area contributed by atoms with Crippen LogP contribution in [-0.4, -0.2) is 35.2 Å². The molecule has 7 heteroatoms. The van der Waals surface area contributed by atoms with Crippen molar-refractivity contribution in [2.75, 3.05) is 18.4 Å². The Labute approximate surface area is 126 Å². The van der Waals surface area contributed by atoms with Crippen LogP contribution in [0.3, 0.4) is 0 Å². The van der Waals surface area contributed by atoms with E-state index in [0.29, 0.717) is 11.7 Å². The van der Waals surface area contributed by atoms with Gasteiger partial charge in [0, 0.05) is 25.3 Å². The van der Waals surface area contributed by atoms with Gasteiger partial charge in [-0.25, -0.2) is 14.8 Å². The molecule has 1 saturated heterocycles. The number of aromatic nitrogens is 1. The number of carbonyl (C=O) groups is 1. The van der Waals surface area contributed by atoms with Crippen LogP contribution in [0.25, 0.3) is 10.4 Å². The van der Waals surface area contributed by atoms with Gasteiger partial charge in [-0.2, -0.15) is 0 Å². The summed E-state index contributed by atoms with van der Waals surface area (Å²) in [6.45, 7) is 1.46. The largest absolute Gasteiger partial charge is 0.335 e. The topological polar surface area (TPSA) is 83.3 Å². The predicted molar refractivity (Wildman–Crippen MR) is 83.9 cm³/mol. The number of nitrogens with two attached hydrogens (primary N) is 1. The minimum absolute atomic E-state index is 0.134. The molecule has 0 bridgehead atoms. The van der Waals surface area contributed by atoms with Crippen molar-refractivity contribution >= 4 is 22.5 Å². The third-order valence-corrected chi connectivity index (χ3v) is 4.23. The third kappa shape index (κ3) is 3.57. The van der Waals surface area contributed by atoms with Crippen LogP contribution >= 0.6 is 11.3 Å². The lowest BCUT2D eigenvalue weighted by Crippen LogP contribution is -2.44. The smallest absolute Gasteiger partial charge is 0.326 e. The Kier molecular flexibility index (Phi) is 4.14. The standard InChI is InChI=1S/C14H17N5OS/c15-11-6-7-19(9-11)18-13(20)17-14-16-8-12(21-14)10-4-2-1-3-5-10/h1-5,8,11H,6-7,9,15H2,(H2,16,17,18,20)/t11-/m1/s1. The van der Waals surface area contributed by atoms with Gasteiger partial charge in [-0.15, -0.1) is 0 Å². The van der Waals surface area contributed by atoms with Gasteiger partial charge in [0.15, 0.2) is 5.13 Å². The van der Waals surface area contributed by atoms with Crippen LogP contribution in [-0.2, 0) is 0 Å². The van der Waals surface area contributed by atoms with E-state index in [1.807, 2.05) is 35.3 Å². The lowest BCUT2D eigenvalue weighted by Gasteiger charge is -2.16. The molecule has 1 aliphatic heterocycles. The Bertz CT molecular complexity index is 615. The van der Waals surface area contributed by atoms with Crippen molar-refractivity contribution in [1.29, 1.82) is 0 Å². The molecule has 2 aromatic rings. The molecule has 2 amide bonds. The Morgan fingerprint density at radius 2 is 2.19 bits per heavy atom. The summed E-state index contributed by atoms with van der Waals surface area (Å²) in [7, 11) is 0. The molecule has 0 aliphatic carbocycles. The van der Waals surface area contributed by atoms with Crippen LogP contribution in [0, 0.1) is 0 Å². The number of rotatable bonds is 3. The van der Waals surface area contributed by atoms with E-state index in [9.17, 15) is 4.79 Å². The van der Waals surface area contributed by atoms with Gasteiger partial charge >= 0.3 is 6.03 Å². The van der Waals surface area contributed by atoms with Crippen molar-refractivity contribution in [3.05, 3.63) is 36.5 Å². The number of nitrogens with one attached hydrogen (secondary N) is 2. The fraction of sp³-hybridized carbons (Fsp3) is 0.286. The highest BCUT2D eigenvalue weighted by Crippen LogP contribution is 2.28. The van der Waals surface area contributed by atoms with E-state index in [0.717, 1.165) is 23.4 Å². The summed E-state index contributed by atoms with van der Waals surface area (Å²) >= 11 is 1.45. The van der Waals surface area contributed by atoms with Gasteiger partial charge in [0.1, 0.15) is 0 Å². The van der Waals surface area contributed by atoms with Gasteiger partial charge in [0.05, 0.1) is 4.88 Å². The van der Waals surface area contributed by atoms with E-state index in [1.165, 1.54) is 11.3 Å². The highest BCUT2D eigenvalue weighted by molar-refractivity contribution is 7.19. The number of urea groups is 1. The molecule has 1 aliphatic rings. The maximum Gasteiger partial charge on any atom is 0.335 e. The van der Waals surface area contributed by atoms with Crippen molar-refractivity contribution in [2.24, 2.45) is 5.73 Å². The molecule has 6 nitrogen and oxygen atoms in total. The van der Waals surface area contributed by atoms with Gasteiger partial charge in [0.25, 0.3) is 0 Å². The highest BCUT2D eigenvalue weighted by atomic mass is 32.1. The number of thiazole rings is 1. The monoisotopic (exact) mass is 303 g/mol. The molecule has 1 aromatic heterocycles. The molecule has 0 spiro atoms. The lowest BCUT2D eigenvalue weighted by molar-refractivity contribution is 0.208. The molecular formula is C14H17N5OS. The first-order chi connectivity index (χ1) is 10.2. The van der Waals surface area contributed by atoms with Crippen molar-refractivity contribution in [3.8, 4) is 10.4 Å². The fourth-order valence-corrected chi connectivity index (χ4v) is 3.04. The second-order valence-corrected chi connectivity index (χ2v) is 5.99. The molecule has 1 fully saturated rings. The Balaban J connectivity index is 1.58. The highest BCUT2D eigenvalue weighted by Gasteiger charge is 2.20. The Morgan fingerprint density at radius 3 is 2.90 bits per heavy atom. The number of amides is 2. The van der Waals surface area contributed by atoms with Crippen LogP contribution in [0.5, 0.6) is 0 Å². The maximum atomic E-state index is 11.9. The normalized spacial score (nSPS) is 18.6. The molecule has 4 N–H and O–H groups in total. The Hall–Kier alpha value is -1.96. The number of nitrogens with zero attached hydrogens (tertiary/aromatic N) is 2. The molecular weight excluding hydrogens is 286 g/mol. The van der Waals surface area contributed by atoms with Gasteiger partial charge in [-0.3, -0.25) is 10.7 Å². The van der Waals surface area contributed by atoms with Gasteiger partial charge in [-0.1, -0.05) is 41.7 Å². The second-order valence-electron chi connectivity index (χ2n) is 4.96. The van der Waals surface area contributed by atoms with E-state index >= 15 is 0 Å². The zero-order valence-corrected chi connectivity index (χ0v) is 12.3. The quantitative estimate of drug-likeness (QED) is 0.808. The number of benzene rings is 1. The van der Waals surface area contributed by atoms with E-state index < -0.39 is 0 Å². The van der Waals surface area contributed by atoms with Crippen LogP contribution in [0.4, 0.5) is 9.93 Å². The molecule has 21 heavy (non-hydrogen) atoms. The predicted octanol–water partition coefficient (Wildman–Crippen LogP) is 1.88. The lowest BCUT2D eigenvalue weighted by atomic mass is 10.2. The first-order valence-electron chi connectivity index (χ1n) is 6.80. The van der Waals surface area contributed by atoms with E-state index in [-0.39, 0.29) is 12.1 Å². The van der Waals surface area contributed by atoms with E-state index in [2.05, 4.69) is 15.7 Å². The van der Waals surface area contributed by atoms with Crippen molar-refractivity contribution in [2.45, 2.75) is 12.5 Å². The number of hydrazine groups is 1. The molecule has 2 heterocycles. The van der Waals surface area contributed by atoms with Gasteiger partial charge in [-0.05, 0) is 12.0 Å². The zero-order chi connectivity index (χ0) is 14.7. The Morgan fingerprint density at radius 1 is 1.38 bits per heavy atom. The minimum atomic E-state index is -0.280. The molecule has 0 unspecified atom stereocenters. The summed E-state index contributed by atoms with van der Waals surface area (Å²) in [6.07, 6.45) is 2.66. The summed E-state index contributed by atoms with van der Waals surface area (Å²) in [4.78, 5) is 17.1. The number of hydrogen-bond acceptors (Lipinski definition) is 5. The van der Waals surface area contributed by atoms with E-state index in [1.54, 1.807) is 6.20 Å². The van der Waals surface area contributed by atoms with Crippen LogP contribution in [0.1, 0.15) is 6.42 Å². The fourth-order valence-electron chi connectivity index (χ4n) is 2.23. The van der Waals surface area contributed by atoms with Crippen molar-refractivity contribution in [3.63, 3.8) is 0 Å². The molecule has 1 atom stereocenters. The minimum Gasteiger partial charge on any atom is -0.326 e. The SMILES string of the molecule is N[C@@H]1CCN(NC(=O)Nc2ncc(-c3ccccc3)s2)C1. The summed E-state index contributed by atoms with van der Waals surface area (Å²) in [5.74, 6) is 0. The third-order valence-electron chi connectivity index (χ3n) is 3.27. The summed E-state index contributed by atoms with van der Waals surface area (Å²) in [5.41, 5.74) is 9.67. The van der Waals surface area contributed by atoms with Gasteiger partial charge in [0.2, 0.25) is 0 Å². The number of carbonyl (C=O) groups excluding carboxylic acids is 1. The second kappa shape index (κ2) is 6.21. The molecule has 0 saturated carbocycles. The maximum absolute atomic E-state index is 11.9. The zero-order valence-electron chi connectivity index (χ0n) is 11.5. The van der Waals surface area contributed by atoms with Crippen LogP contribution < -0.4 is 16.5 Å². The number of hydrogen-bond donors (Lipinski definition) is 3. The first kappa shape index (κ1) is 14.0. The average molecular weight is 303 g/mol. The van der Waals surface area contributed by atoms with Gasteiger partial charge < -0.3 is 5.73 Å². The summed E-state index contributed by atoms with van der Waals surface area (Å²) in [5, 5.41) is 5.15. The van der Waals surface area contributed by atoms with Crippen LogP contribution in [0.15, 0.2) is 36.5 Å². The number of anilines is 1.